The van der Waals surface area contributed by atoms with E-state index >= 15 is 0 Å². The lowest BCUT2D eigenvalue weighted by molar-refractivity contribution is -0.128. The highest BCUT2D eigenvalue weighted by molar-refractivity contribution is 7.89. The molecule has 0 radical (unpaired) electrons. The molecular weight excluding hydrogens is 398 g/mol. The number of carbonyl (C=O) groups is 1. The number of likely N-dealkylation sites (tertiary alicyclic amines) is 1. The number of anilines is 1. The van der Waals surface area contributed by atoms with Gasteiger partial charge in [-0.3, -0.25) is 4.79 Å². The molecule has 166 valence electrons. The summed E-state index contributed by atoms with van der Waals surface area (Å²) in [6.45, 7) is 9.27. The molecule has 1 amide bonds. The second-order valence-electron chi connectivity index (χ2n) is 10.1. The van der Waals surface area contributed by atoms with Gasteiger partial charge in [0, 0.05) is 36.8 Å². The quantitative estimate of drug-likeness (QED) is 0.774. The zero-order valence-electron chi connectivity index (χ0n) is 18.5. The predicted molar refractivity (Wildman–Crippen MR) is 119 cm³/mol. The predicted octanol–water partition coefficient (Wildman–Crippen LogP) is 3.26. The molecule has 0 spiro atoms. The van der Waals surface area contributed by atoms with Crippen molar-refractivity contribution in [3.8, 4) is 0 Å². The van der Waals surface area contributed by atoms with Crippen molar-refractivity contribution in [1.29, 1.82) is 0 Å². The molecule has 3 aliphatic rings. The van der Waals surface area contributed by atoms with Crippen LogP contribution in [-0.2, 0) is 20.2 Å². The van der Waals surface area contributed by atoms with E-state index in [0.717, 1.165) is 69.4 Å². The van der Waals surface area contributed by atoms with Crippen LogP contribution in [0.1, 0.15) is 64.9 Å². The molecule has 0 aromatic heterocycles. The summed E-state index contributed by atoms with van der Waals surface area (Å²) in [5, 5.41) is 0. The zero-order chi connectivity index (χ0) is 21.5. The minimum atomic E-state index is -3.55. The Kier molecular flexibility index (Phi) is 5.88. The molecule has 7 heteroatoms. The highest BCUT2D eigenvalue weighted by Gasteiger charge is 2.37. The fourth-order valence-corrected chi connectivity index (χ4v) is 6.51. The minimum Gasteiger partial charge on any atom is -0.361 e. The number of nitrogens with zero attached hydrogens (tertiary/aromatic N) is 2. The van der Waals surface area contributed by atoms with Gasteiger partial charge in [-0.2, -0.15) is 0 Å². The van der Waals surface area contributed by atoms with E-state index in [-0.39, 0.29) is 17.4 Å². The zero-order valence-corrected chi connectivity index (χ0v) is 19.3. The summed E-state index contributed by atoms with van der Waals surface area (Å²) < 4.78 is 29.0. The molecule has 0 atom stereocenters. The van der Waals surface area contributed by atoms with E-state index in [1.807, 2.05) is 17.0 Å². The Morgan fingerprint density at radius 2 is 1.80 bits per heavy atom. The van der Waals surface area contributed by atoms with Crippen LogP contribution in [0.25, 0.3) is 0 Å². The standard InChI is InChI=1S/C23H35N3O3S/c1-17-6-8-18(9-7-17)24-30(28,29)19-10-11-21-20(14-19)23(2,3)16-26(21)15-22(27)25-12-4-5-13-25/h10-11,14,17-18,24H,4-9,12-13,15-16H2,1-3H3. The fraction of sp³-hybridized carbons (Fsp3) is 0.696. The van der Waals surface area contributed by atoms with Gasteiger partial charge in [0.1, 0.15) is 0 Å². The number of rotatable bonds is 5. The molecule has 1 saturated carbocycles. The highest BCUT2D eigenvalue weighted by Crippen LogP contribution is 2.41. The first-order valence-electron chi connectivity index (χ1n) is 11.4. The highest BCUT2D eigenvalue weighted by atomic mass is 32.2. The van der Waals surface area contributed by atoms with E-state index in [1.54, 1.807) is 6.07 Å². The largest absolute Gasteiger partial charge is 0.361 e. The van der Waals surface area contributed by atoms with Crippen LogP contribution in [0.5, 0.6) is 0 Å². The number of amides is 1. The minimum absolute atomic E-state index is 0.0297. The summed E-state index contributed by atoms with van der Waals surface area (Å²) in [5.74, 6) is 0.849. The van der Waals surface area contributed by atoms with Crippen LogP contribution in [0, 0.1) is 5.92 Å². The summed E-state index contributed by atoms with van der Waals surface area (Å²) in [4.78, 5) is 17.1. The Balaban J connectivity index is 1.52. The van der Waals surface area contributed by atoms with Gasteiger partial charge in [0.25, 0.3) is 0 Å². The lowest BCUT2D eigenvalue weighted by Crippen LogP contribution is -2.40. The van der Waals surface area contributed by atoms with E-state index in [2.05, 4.69) is 30.4 Å². The molecule has 1 aliphatic carbocycles. The van der Waals surface area contributed by atoms with Crippen molar-refractivity contribution in [3.63, 3.8) is 0 Å². The number of nitrogens with one attached hydrogen (secondary N) is 1. The van der Waals surface area contributed by atoms with Crippen molar-refractivity contribution in [2.24, 2.45) is 5.92 Å². The lowest BCUT2D eigenvalue weighted by atomic mass is 9.87. The van der Waals surface area contributed by atoms with Crippen LogP contribution in [0.15, 0.2) is 23.1 Å². The number of hydrogen-bond donors (Lipinski definition) is 1. The van der Waals surface area contributed by atoms with Gasteiger partial charge in [0.15, 0.2) is 0 Å². The van der Waals surface area contributed by atoms with Crippen molar-refractivity contribution in [2.75, 3.05) is 31.1 Å². The van der Waals surface area contributed by atoms with E-state index in [9.17, 15) is 13.2 Å². The van der Waals surface area contributed by atoms with Gasteiger partial charge >= 0.3 is 0 Å². The van der Waals surface area contributed by atoms with Gasteiger partial charge in [0.05, 0.1) is 11.4 Å². The molecule has 1 aromatic rings. The fourth-order valence-electron chi connectivity index (χ4n) is 5.18. The Hall–Kier alpha value is -1.60. The third kappa shape index (κ3) is 4.37. The number of fused-ring (bicyclic) bond motifs is 1. The molecule has 1 saturated heterocycles. The number of carbonyl (C=O) groups excluding carboxylic acids is 1. The van der Waals surface area contributed by atoms with E-state index in [1.165, 1.54) is 0 Å². The molecule has 0 bridgehead atoms. The molecule has 1 N–H and O–H groups in total. The van der Waals surface area contributed by atoms with Crippen LogP contribution in [0.3, 0.4) is 0 Å². The van der Waals surface area contributed by atoms with Crippen LogP contribution < -0.4 is 9.62 Å². The summed E-state index contributed by atoms with van der Waals surface area (Å²) in [7, 11) is -3.55. The van der Waals surface area contributed by atoms with Crippen molar-refractivity contribution in [1.82, 2.24) is 9.62 Å². The molecule has 0 unspecified atom stereocenters. The van der Waals surface area contributed by atoms with Crippen LogP contribution in [0.2, 0.25) is 0 Å². The molecule has 2 fully saturated rings. The van der Waals surface area contributed by atoms with Crippen molar-refractivity contribution in [3.05, 3.63) is 23.8 Å². The van der Waals surface area contributed by atoms with Gasteiger partial charge in [-0.05, 0) is 68.2 Å². The Morgan fingerprint density at radius 3 is 2.47 bits per heavy atom. The lowest BCUT2D eigenvalue weighted by Gasteiger charge is -2.27. The average Bonchev–Trinajstić information content (AvgIpc) is 3.31. The molecule has 6 nitrogen and oxygen atoms in total. The van der Waals surface area contributed by atoms with Crippen LogP contribution in [-0.4, -0.2) is 51.4 Å². The maximum absolute atomic E-state index is 13.0. The average molecular weight is 434 g/mol. The van der Waals surface area contributed by atoms with E-state index < -0.39 is 10.0 Å². The number of sulfonamides is 1. The molecule has 4 rings (SSSR count). The van der Waals surface area contributed by atoms with E-state index in [4.69, 9.17) is 0 Å². The van der Waals surface area contributed by atoms with Gasteiger partial charge in [-0.1, -0.05) is 20.8 Å². The van der Waals surface area contributed by atoms with Crippen LogP contribution >= 0.6 is 0 Å². The normalized spacial score (nSPS) is 26.1. The second-order valence-corrected chi connectivity index (χ2v) is 11.8. The molecule has 2 heterocycles. The smallest absolute Gasteiger partial charge is 0.242 e. The van der Waals surface area contributed by atoms with Gasteiger partial charge < -0.3 is 9.80 Å². The summed E-state index contributed by atoms with van der Waals surface area (Å²) in [6, 6.07) is 5.44. The molecule has 30 heavy (non-hydrogen) atoms. The topological polar surface area (TPSA) is 69.7 Å². The van der Waals surface area contributed by atoms with Gasteiger partial charge in [-0.25, -0.2) is 13.1 Å². The molecule has 1 aromatic carbocycles. The van der Waals surface area contributed by atoms with Crippen molar-refractivity contribution in [2.45, 2.75) is 75.6 Å². The number of benzene rings is 1. The monoisotopic (exact) mass is 433 g/mol. The van der Waals surface area contributed by atoms with Crippen molar-refractivity contribution >= 4 is 21.6 Å². The summed E-state index contributed by atoms with van der Waals surface area (Å²) in [5.41, 5.74) is 1.79. The molecular formula is C23H35N3O3S. The van der Waals surface area contributed by atoms with Crippen molar-refractivity contribution < 1.29 is 13.2 Å². The third-order valence-corrected chi connectivity index (χ3v) is 8.58. The Morgan fingerprint density at radius 1 is 1.13 bits per heavy atom. The maximum atomic E-state index is 13.0. The Bertz CT molecular complexity index is 898. The third-order valence-electron chi connectivity index (χ3n) is 7.06. The summed E-state index contributed by atoms with van der Waals surface area (Å²) >= 11 is 0. The van der Waals surface area contributed by atoms with Gasteiger partial charge in [-0.15, -0.1) is 0 Å². The SMILES string of the molecule is CC1CCC(NS(=O)(=O)c2ccc3c(c2)C(C)(C)CN3CC(=O)N2CCCC2)CC1. The van der Waals surface area contributed by atoms with E-state index in [0.29, 0.717) is 17.4 Å². The molecule has 2 aliphatic heterocycles. The number of hydrogen-bond acceptors (Lipinski definition) is 4. The first-order valence-corrected chi connectivity index (χ1v) is 12.8. The summed E-state index contributed by atoms with van der Waals surface area (Å²) in [6.07, 6.45) is 6.13. The van der Waals surface area contributed by atoms with Gasteiger partial charge in [0.2, 0.25) is 15.9 Å². The maximum Gasteiger partial charge on any atom is 0.242 e. The first kappa shape index (κ1) is 21.6. The first-order chi connectivity index (χ1) is 14.2. The van der Waals surface area contributed by atoms with Crippen LogP contribution in [0.4, 0.5) is 5.69 Å². The second kappa shape index (κ2) is 8.15. The Labute approximate surface area is 181 Å².